The topological polar surface area (TPSA) is 60.5 Å². The molecule has 0 spiro atoms. The van der Waals surface area contributed by atoms with Crippen molar-refractivity contribution < 1.29 is 18.7 Å². The second-order valence-electron chi connectivity index (χ2n) is 5.13. The number of nitrogens with one attached hydrogen (secondary N) is 1. The zero-order chi connectivity index (χ0) is 17.4. The molecule has 1 aromatic carbocycles. The van der Waals surface area contributed by atoms with Gasteiger partial charge in [-0.1, -0.05) is 19.1 Å². The SMILES string of the molecule is CCO[C@H](CC)C(=O)NCc1ccc(Oc2cccc(F)c2)nc1. The van der Waals surface area contributed by atoms with Crippen LogP contribution in [0.5, 0.6) is 11.6 Å². The van der Waals surface area contributed by atoms with Crippen LogP contribution in [0, 0.1) is 5.82 Å². The first kappa shape index (κ1) is 17.9. The molecule has 0 aliphatic carbocycles. The molecular weight excluding hydrogens is 311 g/mol. The van der Waals surface area contributed by atoms with Crippen LogP contribution >= 0.6 is 0 Å². The highest BCUT2D eigenvalue weighted by molar-refractivity contribution is 5.80. The van der Waals surface area contributed by atoms with Crippen molar-refractivity contribution in [2.45, 2.75) is 32.9 Å². The van der Waals surface area contributed by atoms with Gasteiger partial charge >= 0.3 is 0 Å². The molecule has 1 N–H and O–H groups in total. The summed E-state index contributed by atoms with van der Waals surface area (Å²) in [5.41, 5.74) is 0.835. The number of carbonyl (C=O) groups excluding carboxylic acids is 1. The summed E-state index contributed by atoms with van der Waals surface area (Å²) >= 11 is 0. The minimum atomic E-state index is -0.432. The van der Waals surface area contributed by atoms with Crippen LogP contribution in [0.15, 0.2) is 42.6 Å². The molecule has 0 radical (unpaired) electrons. The van der Waals surface area contributed by atoms with Crippen LogP contribution in [0.25, 0.3) is 0 Å². The van der Waals surface area contributed by atoms with E-state index in [2.05, 4.69) is 10.3 Å². The van der Waals surface area contributed by atoms with E-state index in [1.54, 1.807) is 30.5 Å². The Balaban J connectivity index is 1.89. The fraction of sp³-hybridized carbons (Fsp3) is 0.333. The van der Waals surface area contributed by atoms with Gasteiger partial charge in [-0.15, -0.1) is 0 Å². The van der Waals surface area contributed by atoms with E-state index in [1.807, 2.05) is 13.8 Å². The van der Waals surface area contributed by atoms with Crippen molar-refractivity contribution in [2.24, 2.45) is 0 Å². The summed E-state index contributed by atoms with van der Waals surface area (Å²) in [6.07, 6.45) is 1.80. The molecule has 1 aromatic heterocycles. The third-order valence-electron chi connectivity index (χ3n) is 3.31. The van der Waals surface area contributed by atoms with Gasteiger partial charge in [-0.3, -0.25) is 4.79 Å². The smallest absolute Gasteiger partial charge is 0.249 e. The van der Waals surface area contributed by atoms with Gasteiger partial charge in [0.05, 0.1) is 0 Å². The molecule has 5 nitrogen and oxygen atoms in total. The number of carbonyl (C=O) groups is 1. The van der Waals surface area contributed by atoms with Crippen molar-refractivity contribution in [1.82, 2.24) is 10.3 Å². The van der Waals surface area contributed by atoms with Gasteiger partial charge in [0.25, 0.3) is 0 Å². The summed E-state index contributed by atoms with van der Waals surface area (Å²) in [6.45, 7) is 4.62. The maximum atomic E-state index is 13.1. The quantitative estimate of drug-likeness (QED) is 0.804. The van der Waals surface area contributed by atoms with E-state index in [9.17, 15) is 9.18 Å². The Morgan fingerprint density at radius 3 is 2.75 bits per heavy atom. The number of nitrogens with zero attached hydrogens (tertiary/aromatic N) is 1. The van der Waals surface area contributed by atoms with Crippen molar-refractivity contribution in [2.75, 3.05) is 6.61 Å². The molecule has 6 heteroatoms. The van der Waals surface area contributed by atoms with Gasteiger partial charge in [0.1, 0.15) is 17.7 Å². The first-order valence-corrected chi connectivity index (χ1v) is 7.90. The largest absolute Gasteiger partial charge is 0.439 e. The summed E-state index contributed by atoms with van der Waals surface area (Å²) in [4.78, 5) is 16.1. The number of rotatable bonds is 8. The van der Waals surface area contributed by atoms with Crippen LogP contribution in [0.2, 0.25) is 0 Å². The van der Waals surface area contributed by atoms with Crippen LogP contribution in [0.3, 0.4) is 0 Å². The molecule has 24 heavy (non-hydrogen) atoms. The summed E-state index contributed by atoms with van der Waals surface area (Å²) in [5.74, 6) is 0.230. The Morgan fingerprint density at radius 2 is 2.12 bits per heavy atom. The maximum Gasteiger partial charge on any atom is 0.249 e. The van der Waals surface area contributed by atoms with Gasteiger partial charge < -0.3 is 14.8 Å². The highest BCUT2D eigenvalue weighted by Crippen LogP contribution is 2.19. The fourth-order valence-electron chi connectivity index (χ4n) is 2.11. The minimum Gasteiger partial charge on any atom is -0.439 e. The number of benzene rings is 1. The van der Waals surface area contributed by atoms with E-state index in [0.29, 0.717) is 31.2 Å². The summed E-state index contributed by atoms with van der Waals surface area (Å²) in [6, 6.07) is 9.32. The third kappa shape index (κ3) is 5.31. The van der Waals surface area contributed by atoms with Gasteiger partial charge in [0.2, 0.25) is 11.8 Å². The second-order valence-corrected chi connectivity index (χ2v) is 5.13. The number of hydrogen-bond acceptors (Lipinski definition) is 4. The van der Waals surface area contributed by atoms with Crippen molar-refractivity contribution in [1.29, 1.82) is 0 Å². The number of halogens is 1. The Hall–Kier alpha value is -2.47. The lowest BCUT2D eigenvalue weighted by Gasteiger charge is -2.14. The van der Waals surface area contributed by atoms with Crippen LogP contribution < -0.4 is 10.1 Å². The standard InChI is InChI=1S/C18H21FN2O3/c1-3-16(23-4-2)18(22)21-12-13-8-9-17(20-11-13)24-15-7-5-6-14(19)10-15/h5-11,16H,3-4,12H2,1-2H3,(H,21,22)/t16-/m1/s1. The highest BCUT2D eigenvalue weighted by atomic mass is 19.1. The van der Waals surface area contributed by atoms with Crippen LogP contribution in [-0.4, -0.2) is 23.6 Å². The highest BCUT2D eigenvalue weighted by Gasteiger charge is 2.15. The van der Waals surface area contributed by atoms with E-state index in [-0.39, 0.29) is 11.7 Å². The van der Waals surface area contributed by atoms with Gasteiger partial charge in [-0.05, 0) is 31.0 Å². The molecule has 0 unspecified atom stereocenters. The van der Waals surface area contributed by atoms with Gasteiger partial charge in [-0.25, -0.2) is 9.37 Å². The minimum absolute atomic E-state index is 0.139. The third-order valence-corrected chi connectivity index (χ3v) is 3.31. The van der Waals surface area contributed by atoms with E-state index < -0.39 is 6.10 Å². The molecule has 2 rings (SSSR count). The van der Waals surface area contributed by atoms with Crippen molar-refractivity contribution in [3.8, 4) is 11.6 Å². The zero-order valence-corrected chi connectivity index (χ0v) is 13.8. The van der Waals surface area contributed by atoms with Crippen LogP contribution in [0.1, 0.15) is 25.8 Å². The number of amides is 1. The number of aromatic nitrogens is 1. The fourth-order valence-corrected chi connectivity index (χ4v) is 2.11. The lowest BCUT2D eigenvalue weighted by Crippen LogP contribution is -2.35. The zero-order valence-electron chi connectivity index (χ0n) is 13.8. The number of pyridine rings is 1. The lowest BCUT2D eigenvalue weighted by atomic mass is 10.2. The summed E-state index contributed by atoms with van der Waals surface area (Å²) in [5, 5.41) is 2.82. The predicted octanol–water partition coefficient (Wildman–Crippen LogP) is 3.44. The van der Waals surface area contributed by atoms with Crippen LogP contribution in [0.4, 0.5) is 4.39 Å². The Bertz CT molecular complexity index is 662. The molecule has 128 valence electrons. The summed E-state index contributed by atoms with van der Waals surface area (Å²) in [7, 11) is 0. The second kappa shape index (κ2) is 8.98. The van der Waals surface area contributed by atoms with Gasteiger partial charge in [-0.2, -0.15) is 0 Å². The Morgan fingerprint density at radius 1 is 1.29 bits per heavy atom. The molecule has 2 aromatic rings. The normalized spacial score (nSPS) is 11.8. The van der Waals surface area contributed by atoms with E-state index in [0.717, 1.165) is 5.56 Å². The van der Waals surface area contributed by atoms with E-state index in [1.165, 1.54) is 12.1 Å². The molecule has 1 atom stereocenters. The van der Waals surface area contributed by atoms with Crippen molar-refractivity contribution >= 4 is 5.91 Å². The number of ether oxygens (including phenoxy) is 2. The molecule has 0 saturated carbocycles. The lowest BCUT2D eigenvalue weighted by molar-refractivity contribution is -0.132. The molecule has 0 bridgehead atoms. The molecule has 1 amide bonds. The molecular formula is C18H21FN2O3. The predicted molar refractivity (Wildman–Crippen MR) is 88.3 cm³/mol. The van der Waals surface area contributed by atoms with Gasteiger partial charge in [0, 0.05) is 31.5 Å². The molecule has 0 saturated heterocycles. The van der Waals surface area contributed by atoms with E-state index >= 15 is 0 Å². The number of hydrogen-bond donors (Lipinski definition) is 1. The van der Waals surface area contributed by atoms with Crippen molar-refractivity contribution in [3.63, 3.8) is 0 Å². The van der Waals surface area contributed by atoms with E-state index in [4.69, 9.17) is 9.47 Å². The molecule has 0 aliphatic heterocycles. The molecule has 1 heterocycles. The van der Waals surface area contributed by atoms with Gasteiger partial charge in [0.15, 0.2) is 0 Å². The Kier molecular flexibility index (Phi) is 6.69. The average Bonchev–Trinajstić information content (AvgIpc) is 2.59. The summed E-state index contributed by atoms with van der Waals surface area (Å²) < 4.78 is 23.9. The first-order chi connectivity index (χ1) is 11.6. The maximum absolute atomic E-state index is 13.1. The first-order valence-electron chi connectivity index (χ1n) is 7.90. The van der Waals surface area contributed by atoms with Crippen LogP contribution in [-0.2, 0) is 16.1 Å². The average molecular weight is 332 g/mol. The molecule has 0 fully saturated rings. The Labute approximate surface area is 140 Å². The molecule has 0 aliphatic rings. The van der Waals surface area contributed by atoms with Crippen molar-refractivity contribution in [3.05, 3.63) is 54.0 Å². The monoisotopic (exact) mass is 332 g/mol.